The smallest absolute Gasteiger partial charge is 0.407 e. The van der Waals surface area contributed by atoms with Gasteiger partial charge in [0.2, 0.25) is 0 Å². The lowest BCUT2D eigenvalue weighted by atomic mass is 10.2. The first-order valence-electron chi connectivity index (χ1n) is 6.25. The largest absolute Gasteiger partial charge is 0.489 e. The molecule has 0 saturated carbocycles. The van der Waals surface area contributed by atoms with Crippen LogP contribution in [0.4, 0.5) is 10.5 Å². The first-order chi connectivity index (χ1) is 8.78. The monoisotopic (exact) mass is 266 g/mol. The molecule has 5 nitrogen and oxygen atoms in total. The Kier molecular flexibility index (Phi) is 5.03. The second kappa shape index (κ2) is 6.31. The lowest BCUT2D eigenvalue weighted by Crippen LogP contribution is -2.40. The van der Waals surface area contributed by atoms with Gasteiger partial charge < -0.3 is 20.5 Å². The predicted molar refractivity (Wildman–Crippen MR) is 75.2 cm³/mol. The molecule has 1 aromatic carbocycles. The van der Waals surface area contributed by atoms with Crippen LogP contribution in [0.1, 0.15) is 27.7 Å². The Balaban J connectivity index is 2.38. The summed E-state index contributed by atoms with van der Waals surface area (Å²) in [6, 6.07) is 7.06. The number of alkyl carbamates (subject to hydrolysis) is 1. The van der Waals surface area contributed by atoms with E-state index in [9.17, 15) is 4.79 Å². The van der Waals surface area contributed by atoms with Crippen LogP contribution in [0, 0.1) is 0 Å². The molecule has 0 heterocycles. The molecule has 0 aromatic heterocycles. The zero-order valence-corrected chi connectivity index (χ0v) is 11.9. The molecule has 19 heavy (non-hydrogen) atoms. The van der Waals surface area contributed by atoms with E-state index in [1.54, 1.807) is 12.1 Å². The molecule has 3 N–H and O–H groups in total. The number of benzene rings is 1. The minimum atomic E-state index is -0.505. The van der Waals surface area contributed by atoms with Crippen molar-refractivity contribution in [1.82, 2.24) is 5.32 Å². The van der Waals surface area contributed by atoms with Crippen molar-refractivity contribution in [3.8, 4) is 5.75 Å². The van der Waals surface area contributed by atoms with Gasteiger partial charge in [0.05, 0.1) is 11.7 Å². The molecule has 1 amide bonds. The van der Waals surface area contributed by atoms with E-state index >= 15 is 0 Å². The van der Waals surface area contributed by atoms with Gasteiger partial charge in [-0.2, -0.15) is 0 Å². The van der Waals surface area contributed by atoms with Gasteiger partial charge in [-0.1, -0.05) is 12.1 Å². The van der Waals surface area contributed by atoms with Gasteiger partial charge in [-0.25, -0.2) is 4.79 Å². The van der Waals surface area contributed by atoms with Crippen LogP contribution in [0.15, 0.2) is 24.3 Å². The average Bonchev–Trinajstić information content (AvgIpc) is 2.25. The summed E-state index contributed by atoms with van der Waals surface area (Å²) < 4.78 is 10.7. The number of rotatable bonds is 4. The van der Waals surface area contributed by atoms with Crippen LogP contribution in [0.25, 0.3) is 0 Å². The van der Waals surface area contributed by atoms with E-state index in [4.69, 9.17) is 15.2 Å². The highest BCUT2D eigenvalue weighted by atomic mass is 16.6. The molecule has 0 saturated heterocycles. The number of amides is 1. The molecule has 0 aliphatic heterocycles. The highest BCUT2D eigenvalue weighted by Crippen LogP contribution is 2.19. The lowest BCUT2D eigenvalue weighted by molar-refractivity contribution is 0.0494. The molecule has 1 aromatic rings. The summed E-state index contributed by atoms with van der Waals surface area (Å²) in [4.78, 5) is 11.5. The van der Waals surface area contributed by atoms with Crippen molar-refractivity contribution >= 4 is 11.8 Å². The summed E-state index contributed by atoms with van der Waals surface area (Å²) in [5, 5.41) is 2.70. The fourth-order valence-corrected chi connectivity index (χ4v) is 1.38. The third-order valence-corrected chi connectivity index (χ3v) is 2.17. The molecule has 5 heteroatoms. The SMILES string of the molecule is C[C@@H](COc1ccccc1N)NC(=O)OC(C)(C)C. The first kappa shape index (κ1) is 15.1. The highest BCUT2D eigenvalue weighted by molar-refractivity contribution is 5.68. The van der Waals surface area contributed by atoms with Gasteiger partial charge in [-0.15, -0.1) is 0 Å². The third-order valence-electron chi connectivity index (χ3n) is 2.17. The Bertz CT molecular complexity index is 427. The standard InChI is InChI=1S/C14H22N2O3/c1-10(16-13(17)19-14(2,3)4)9-18-12-8-6-5-7-11(12)15/h5-8,10H,9,15H2,1-4H3,(H,16,17)/t10-/m0/s1. The predicted octanol–water partition coefficient (Wildman–Crippen LogP) is 2.56. The Hall–Kier alpha value is -1.91. The molecular formula is C14H22N2O3. The Morgan fingerprint density at radius 1 is 1.37 bits per heavy atom. The number of carbonyl (C=O) groups is 1. The van der Waals surface area contributed by atoms with Gasteiger partial charge in [0.1, 0.15) is 18.0 Å². The van der Waals surface area contributed by atoms with Crippen LogP contribution < -0.4 is 15.8 Å². The Morgan fingerprint density at radius 2 is 2.00 bits per heavy atom. The van der Waals surface area contributed by atoms with Crippen LogP contribution in [0.5, 0.6) is 5.75 Å². The highest BCUT2D eigenvalue weighted by Gasteiger charge is 2.17. The molecule has 0 bridgehead atoms. The maximum absolute atomic E-state index is 11.5. The quantitative estimate of drug-likeness (QED) is 0.821. The minimum absolute atomic E-state index is 0.172. The van der Waals surface area contributed by atoms with Gasteiger partial charge >= 0.3 is 6.09 Å². The van der Waals surface area contributed by atoms with E-state index < -0.39 is 11.7 Å². The number of para-hydroxylation sites is 2. The fourth-order valence-electron chi connectivity index (χ4n) is 1.38. The van der Waals surface area contributed by atoms with Gasteiger partial charge in [0.25, 0.3) is 0 Å². The first-order valence-corrected chi connectivity index (χ1v) is 6.25. The van der Waals surface area contributed by atoms with Gasteiger partial charge in [0.15, 0.2) is 0 Å². The summed E-state index contributed by atoms with van der Waals surface area (Å²) in [6.07, 6.45) is -0.454. The molecule has 0 radical (unpaired) electrons. The fraction of sp³-hybridized carbons (Fsp3) is 0.500. The van der Waals surface area contributed by atoms with Gasteiger partial charge in [0, 0.05) is 0 Å². The van der Waals surface area contributed by atoms with Crippen LogP contribution >= 0.6 is 0 Å². The van der Waals surface area contributed by atoms with E-state index in [-0.39, 0.29) is 6.04 Å². The van der Waals surface area contributed by atoms with E-state index in [0.29, 0.717) is 18.0 Å². The second-order valence-electron chi connectivity index (χ2n) is 5.40. The zero-order chi connectivity index (χ0) is 14.5. The summed E-state index contributed by atoms with van der Waals surface area (Å²) in [6.45, 7) is 7.62. The molecular weight excluding hydrogens is 244 g/mol. The van der Waals surface area contributed by atoms with Crippen molar-refractivity contribution in [1.29, 1.82) is 0 Å². The second-order valence-corrected chi connectivity index (χ2v) is 5.40. The summed E-state index contributed by atoms with van der Waals surface area (Å²) in [7, 11) is 0. The lowest BCUT2D eigenvalue weighted by Gasteiger charge is -2.22. The van der Waals surface area contributed by atoms with Gasteiger partial charge in [-0.05, 0) is 39.8 Å². The molecule has 0 unspecified atom stereocenters. The number of hydrogen-bond donors (Lipinski definition) is 2. The van der Waals surface area contributed by atoms with Crippen LogP contribution in [0.3, 0.4) is 0 Å². The number of ether oxygens (including phenoxy) is 2. The molecule has 0 fully saturated rings. The number of hydrogen-bond acceptors (Lipinski definition) is 4. The van der Waals surface area contributed by atoms with E-state index in [1.807, 2.05) is 39.8 Å². The summed E-state index contributed by atoms with van der Waals surface area (Å²) >= 11 is 0. The van der Waals surface area contributed by atoms with E-state index in [1.165, 1.54) is 0 Å². The van der Waals surface area contributed by atoms with Crippen LogP contribution in [0.2, 0.25) is 0 Å². The van der Waals surface area contributed by atoms with Gasteiger partial charge in [-0.3, -0.25) is 0 Å². The van der Waals surface area contributed by atoms with Crippen molar-refractivity contribution in [3.05, 3.63) is 24.3 Å². The maximum Gasteiger partial charge on any atom is 0.407 e. The topological polar surface area (TPSA) is 73.6 Å². The molecule has 0 aliphatic rings. The molecule has 1 rings (SSSR count). The van der Waals surface area contributed by atoms with Crippen molar-refractivity contribution in [3.63, 3.8) is 0 Å². The maximum atomic E-state index is 11.5. The van der Waals surface area contributed by atoms with Crippen LogP contribution in [-0.4, -0.2) is 24.3 Å². The summed E-state index contributed by atoms with van der Waals surface area (Å²) in [5.41, 5.74) is 5.82. The minimum Gasteiger partial charge on any atom is -0.489 e. The zero-order valence-electron chi connectivity index (χ0n) is 11.9. The van der Waals surface area contributed by atoms with Crippen molar-refractivity contribution in [2.45, 2.75) is 39.3 Å². The van der Waals surface area contributed by atoms with Crippen molar-refractivity contribution < 1.29 is 14.3 Å². The van der Waals surface area contributed by atoms with Crippen molar-refractivity contribution in [2.75, 3.05) is 12.3 Å². The number of anilines is 1. The third kappa shape index (κ3) is 5.99. The van der Waals surface area contributed by atoms with Crippen LogP contribution in [-0.2, 0) is 4.74 Å². The number of nitrogens with one attached hydrogen (secondary N) is 1. The molecule has 106 valence electrons. The molecule has 0 aliphatic carbocycles. The molecule has 0 spiro atoms. The average molecular weight is 266 g/mol. The van der Waals surface area contributed by atoms with E-state index in [0.717, 1.165) is 0 Å². The Labute approximate surface area is 114 Å². The van der Waals surface area contributed by atoms with Crippen molar-refractivity contribution in [2.24, 2.45) is 0 Å². The number of nitrogens with two attached hydrogens (primary N) is 1. The normalized spacial score (nSPS) is 12.6. The summed E-state index contributed by atoms with van der Waals surface area (Å²) in [5.74, 6) is 0.611. The number of carbonyl (C=O) groups excluding carboxylic acids is 1. The van der Waals surface area contributed by atoms with E-state index in [2.05, 4.69) is 5.32 Å². The Morgan fingerprint density at radius 3 is 2.58 bits per heavy atom. The number of nitrogen functional groups attached to an aromatic ring is 1. The molecule has 1 atom stereocenters.